The molecule has 0 radical (unpaired) electrons. The number of hydrogen-bond acceptors (Lipinski definition) is 3. The van der Waals surface area contributed by atoms with Crippen molar-refractivity contribution >= 4 is 6.09 Å². The minimum Gasteiger partial charge on any atom is -0.444 e. The molecule has 1 aliphatic carbocycles. The Morgan fingerprint density at radius 3 is 2.50 bits per heavy atom. The predicted octanol–water partition coefficient (Wildman–Crippen LogP) is 1.51. The Kier molecular flexibility index (Phi) is 2.86. The van der Waals surface area contributed by atoms with E-state index >= 15 is 0 Å². The van der Waals surface area contributed by atoms with Crippen LogP contribution < -0.4 is 10.6 Å². The first kappa shape index (κ1) is 11.7. The van der Waals surface area contributed by atoms with Gasteiger partial charge < -0.3 is 15.4 Å². The molecule has 0 aromatic carbocycles. The molecular weight excluding hydrogens is 204 g/mol. The second-order valence-electron chi connectivity index (χ2n) is 6.26. The van der Waals surface area contributed by atoms with Crippen LogP contribution in [-0.2, 0) is 4.74 Å². The molecule has 0 aromatic heterocycles. The monoisotopic (exact) mass is 226 g/mol. The zero-order valence-corrected chi connectivity index (χ0v) is 10.4. The normalized spacial score (nSPS) is 23.4. The maximum Gasteiger partial charge on any atom is 0.407 e. The summed E-state index contributed by atoms with van der Waals surface area (Å²) in [6, 6.07) is 0. The third-order valence-corrected chi connectivity index (χ3v) is 3.38. The van der Waals surface area contributed by atoms with Crippen molar-refractivity contribution in [2.75, 3.05) is 19.6 Å². The van der Waals surface area contributed by atoms with Crippen molar-refractivity contribution in [3.05, 3.63) is 0 Å². The average molecular weight is 226 g/mol. The number of rotatable bonds is 2. The van der Waals surface area contributed by atoms with Gasteiger partial charge in [-0.3, -0.25) is 0 Å². The van der Waals surface area contributed by atoms with Crippen molar-refractivity contribution in [2.24, 2.45) is 11.3 Å². The highest BCUT2D eigenvalue weighted by molar-refractivity contribution is 5.67. The number of hydrogen-bond donors (Lipinski definition) is 2. The third kappa shape index (κ3) is 2.67. The topological polar surface area (TPSA) is 50.4 Å². The van der Waals surface area contributed by atoms with E-state index in [1.54, 1.807) is 0 Å². The molecule has 1 saturated carbocycles. The summed E-state index contributed by atoms with van der Waals surface area (Å²) in [5.41, 5.74) is 0.184. The minimum atomic E-state index is -0.400. The van der Waals surface area contributed by atoms with Gasteiger partial charge in [-0.1, -0.05) is 0 Å². The summed E-state index contributed by atoms with van der Waals surface area (Å²) in [4.78, 5) is 11.4. The molecule has 0 aromatic rings. The Morgan fingerprint density at radius 2 is 2.06 bits per heavy atom. The van der Waals surface area contributed by atoms with Gasteiger partial charge in [0.2, 0.25) is 0 Å². The molecule has 1 amide bonds. The van der Waals surface area contributed by atoms with Crippen molar-refractivity contribution < 1.29 is 9.53 Å². The molecule has 2 rings (SSSR count). The van der Waals surface area contributed by atoms with Gasteiger partial charge in [-0.25, -0.2) is 4.79 Å². The van der Waals surface area contributed by atoms with Crippen LogP contribution in [0.15, 0.2) is 0 Å². The SMILES string of the molecule is CC(C)(C)OC(=O)NCC1CC2(CNC2)C1. The number of carbonyl (C=O) groups is 1. The maximum absolute atomic E-state index is 11.4. The van der Waals surface area contributed by atoms with Crippen LogP contribution in [0.2, 0.25) is 0 Å². The molecule has 1 saturated heterocycles. The summed E-state index contributed by atoms with van der Waals surface area (Å²) in [6.45, 7) is 8.73. The molecular formula is C12H22N2O2. The lowest BCUT2D eigenvalue weighted by Gasteiger charge is -2.54. The van der Waals surface area contributed by atoms with Crippen LogP contribution in [0.5, 0.6) is 0 Å². The van der Waals surface area contributed by atoms with Crippen LogP contribution in [0.1, 0.15) is 33.6 Å². The van der Waals surface area contributed by atoms with Crippen LogP contribution in [0.3, 0.4) is 0 Å². The Hall–Kier alpha value is -0.770. The highest BCUT2D eigenvalue weighted by Crippen LogP contribution is 2.47. The third-order valence-electron chi connectivity index (χ3n) is 3.38. The summed E-state index contributed by atoms with van der Waals surface area (Å²) in [7, 11) is 0. The summed E-state index contributed by atoms with van der Waals surface area (Å²) in [5.74, 6) is 0.648. The molecule has 0 bridgehead atoms. The van der Waals surface area contributed by atoms with Gasteiger partial charge in [-0.05, 0) is 44.9 Å². The fourth-order valence-corrected chi connectivity index (χ4v) is 2.62. The summed E-state index contributed by atoms with van der Waals surface area (Å²) in [6.07, 6.45) is 2.20. The second-order valence-corrected chi connectivity index (χ2v) is 6.26. The molecule has 2 N–H and O–H groups in total. The molecule has 0 unspecified atom stereocenters. The summed E-state index contributed by atoms with van der Waals surface area (Å²) in [5, 5.41) is 6.15. The molecule has 92 valence electrons. The van der Waals surface area contributed by atoms with Crippen molar-refractivity contribution in [3.8, 4) is 0 Å². The molecule has 16 heavy (non-hydrogen) atoms. The fraction of sp³-hybridized carbons (Fsp3) is 0.917. The highest BCUT2D eigenvalue weighted by atomic mass is 16.6. The molecule has 1 spiro atoms. The zero-order chi connectivity index (χ0) is 11.8. The maximum atomic E-state index is 11.4. The Labute approximate surface area is 97.1 Å². The van der Waals surface area contributed by atoms with Crippen LogP contribution in [0.4, 0.5) is 4.79 Å². The van der Waals surface area contributed by atoms with Crippen molar-refractivity contribution in [2.45, 2.75) is 39.2 Å². The smallest absolute Gasteiger partial charge is 0.407 e. The van der Waals surface area contributed by atoms with Gasteiger partial charge in [0.25, 0.3) is 0 Å². The lowest BCUT2D eigenvalue weighted by molar-refractivity contribution is -0.00184. The summed E-state index contributed by atoms with van der Waals surface area (Å²) >= 11 is 0. The van der Waals surface area contributed by atoms with E-state index in [4.69, 9.17) is 4.74 Å². The van der Waals surface area contributed by atoms with Gasteiger partial charge in [-0.15, -0.1) is 0 Å². The van der Waals surface area contributed by atoms with Crippen molar-refractivity contribution in [3.63, 3.8) is 0 Å². The molecule has 2 fully saturated rings. The van der Waals surface area contributed by atoms with E-state index in [1.807, 2.05) is 20.8 Å². The predicted molar refractivity (Wildman–Crippen MR) is 62.3 cm³/mol. The van der Waals surface area contributed by atoms with E-state index in [0.717, 1.165) is 19.6 Å². The van der Waals surface area contributed by atoms with Gasteiger partial charge in [0.1, 0.15) is 5.60 Å². The standard InChI is InChI=1S/C12H22N2O2/c1-11(2,3)16-10(15)14-6-9-4-12(5-9)7-13-8-12/h9,13H,4-8H2,1-3H3,(H,14,15). The lowest BCUT2D eigenvalue weighted by Crippen LogP contribution is -2.61. The minimum absolute atomic E-state index is 0.291. The molecule has 4 heteroatoms. The Bertz CT molecular complexity index is 271. The van der Waals surface area contributed by atoms with E-state index in [9.17, 15) is 4.79 Å². The van der Waals surface area contributed by atoms with Gasteiger partial charge in [0.05, 0.1) is 0 Å². The number of alkyl carbamates (subject to hydrolysis) is 1. The van der Waals surface area contributed by atoms with Crippen molar-refractivity contribution in [1.29, 1.82) is 0 Å². The van der Waals surface area contributed by atoms with Gasteiger partial charge in [0.15, 0.2) is 0 Å². The molecule has 1 heterocycles. The van der Waals surface area contributed by atoms with Gasteiger partial charge in [0, 0.05) is 19.6 Å². The average Bonchev–Trinajstić information content (AvgIpc) is 1.94. The first-order chi connectivity index (χ1) is 7.39. The number of carbonyl (C=O) groups excluding carboxylic acids is 1. The zero-order valence-electron chi connectivity index (χ0n) is 10.4. The quantitative estimate of drug-likeness (QED) is 0.750. The number of nitrogens with one attached hydrogen (secondary N) is 2. The van der Waals surface area contributed by atoms with E-state index in [-0.39, 0.29) is 6.09 Å². The van der Waals surface area contributed by atoms with Gasteiger partial charge >= 0.3 is 6.09 Å². The van der Waals surface area contributed by atoms with E-state index in [0.29, 0.717) is 11.3 Å². The Balaban J connectivity index is 1.60. The molecule has 0 atom stereocenters. The lowest BCUT2D eigenvalue weighted by atomic mass is 9.58. The van der Waals surface area contributed by atoms with Crippen LogP contribution in [0.25, 0.3) is 0 Å². The number of amides is 1. The largest absolute Gasteiger partial charge is 0.444 e. The van der Waals surface area contributed by atoms with E-state index in [1.165, 1.54) is 12.8 Å². The second kappa shape index (κ2) is 3.91. The Morgan fingerprint density at radius 1 is 1.44 bits per heavy atom. The van der Waals surface area contributed by atoms with E-state index < -0.39 is 5.60 Å². The highest BCUT2D eigenvalue weighted by Gasteiger charge is 2.48. The van der Waals surface area contributed by atoms with Crippen LogP contribution in [0, 0.1) is 11.3 Å². The van der Waals surface area contributed by atoms with Gasteiger partial charge in [-0.2, -0.15) is 0 Å². The first-order valence-corrected chi connectivity index (χ1v) is 6.06. The number of ether oxygens (including phenoxy) is 1. The van der Waals surface area contributed by atoms with Crippen LogP contribution >= 0.6 is 0 Å². The van der Waals surface area contributed by atoms with E-state index in [2.05, 4.69) is 10.6 Å². The molecule has 2 aliphatic rings. The first-order valence-electron chi connectivity index (χ1n) is 6.06. The molecule has 1 aliphatic heterocycles. The van der Waals surface area contributed by atoms with Crippen LogP contribution in [-0.4, -0.2) is 31.3 Å². The molecule has 4 nitrogen and oxygen atoms in total. The fourth-order valence-electron chi connectivity index (χ4n) is 2.62. The van der Waals surface area contributed by atoms with Crippen molar-refractivity contribution in [1.82, 2.24) is 10.6 Å². The summed E-state index contributed by atoms with van der Waals surface area (Å²) < 4.78 is 5.19.